The highest BCUT2D eigenvalue weighted by Gasteiger charge is 2.13. The molecule has 1 aromatic carbocycles. The number of nitrogens with one attached hydrogen (secondary N) is 1. The molecule has 0 aliphatic carbocycles. The van der Waals surface area contributed by atoms with E-state index < -0.39 is 10.0 Å². The summed E-state index contributed by atoms with van der Waals surface area (Å²) in [6, 6.07) is 6.82. The molecule has 0 aromatic heterocycles. The number of hydrogen-bond acceptors (Lipinski definition) is 4. The van der Waals surface area contributed by atoms with Crippen molar-refractivity contribution in [3.63, 3.8) is 0 Å². The molecule has 5 nitrogen and oxygen atoms in total. The first-order chi connectivity index (χ1) is 8.94. The van der Waals surface area contributed by atoms with Crippen LogP contribution < -0.4 is 15.2 Å². The Labute approximate surface area is 114 Å². The second-order valence-corrected chi connectivity index (χ2v) is 6.12. The molecule has 6 heteroatoms. The lowest BCUT2D eigenvalue weighted by Crippen LogP contribution is -2.35. The molecular weight excluding hydrogens is 264 g/mol. The molecule has 0 fully saturated rings. The summed E-state index contributed by atoms with van der Waals surface area (Å²) in [7, 11) is -3.35. The maximum absolute atomic E-state index is 11.7. The third-order valence-corrected chi connectivity index (χ3v) is 3.90. The van der Waals surface area contributed by atoms with E-state index in [9.17, 15) is 8.42 Å². The van der Waals surface area contributed by atoms with Crippen LogP contribution >= 0.6 is 0 Å². The zero-order valence-electron chi connectivity index (χ0n) is 11.0. The zero-order valence-corrected chi connectivity index (χ0v) is 11.8. The Hall–Kier alpha value is -1.53. The second kappa shape index (κ2) is 7.16. The fourth-order valence-corrected chi connectivity index (χ4v) is 2.67. The average molecular weight is 284 g/mol. The molecule has 0 aliphatic rings. The SMILES string of the molecule is C=CCC(C)NS(=O)(=O)CCOc1ccccc1N. The smallest absolute Gasteiger partial charge is 0.215 e. The lowest BCUT2D eigenvalue weighted by atomic mass is 10.3. The number of hydrogen-bond donors (Lipinski definition) is 2. The summed E-state index contributed by atoms with van der Waals surface area (Å²) in [6.45, 7) is 5.42. The van der Waals surface area contributed by atoms with Crippen molar-refractivity contribution in [3.05, 3.63) is 36.9 Å². The first-order valence-electron chi connectivity index (χ1n) is 6.03. The molecule has 0 saturated carbocycles. The molecule has 0 bridgehead atoms. The van der Waals surface area contributed by atoms with E-state index >= 15 is 0 Å². The van der Waals surface area contributed by atoms with Gasteiger partial charge in [0.05, 0.1) is 11.4 Å². The van der Waals surface area contributed by atoms with Crippen LogP contribution in [0.5, 0.6) is 5.75 Å². The van der Waals surface area contributed by atoms with Crippen LogP contribution in [0.25, 0.3) is 0 Å². The summed E-state index contributed by atoms with van der Waals surface area (Å²) in [5.41, 5.74) is 6.18. The standard InChI is InChI=1S/C13H20N2O3S/c1-3-6-11(2)15-19(16,17)10-9-18-13-8-5-4-7-12(13)14/h3-5,7-8,11,15H,1,6,9-10,14H2,2H3. The summed E-state index contributed by atoms with van der Waals surface area (Å²) >= 11 is 0. The van der Waals surface area contributed by atoms with E-state index in [4.69, 9.17) is 10.5 Å². The summed E-state index contributed by atoms with van der Waals surface area (Å²) in [5.74, 6) is 0.389. The average Bonchev–Trinajstić information content (AvgIpc) is 2.31. The minimum atomic E-state index is -3.35. The Morgan fingerprint density at radius 2 is 2.16 bits per heavy atom. The van der Waals surface area contributed by atoms with Crippen molar-refractivity contribution in [3.8, 4) is 5.75 Å². The Bertz CT molecular complexity index is 514. The van der Waals surface area contributed by atoms with Crippen molar-refractivity contribution in [1.82, 2.24) is 4.72 Å². The Balaban J connectivity index is 2.44. The van der Waals surface area contributed by atoms with Crippen LogP contribution in [-0.4, -0.2) is 26.8 Å². The van der Waals surface area contributed by atoms with Gasteiger partial charge in [0.25, 0.3) is 0 Å². The van der Waals surface area contributed by atoms with E-state index in [1.807, 2.05) is 0 Å². The minimum Gasteiger partial charge on any atom is -0.490 e. The van der Waals surface area contributed by atoms with Crippen molar-refractivity contribution in [2.24, 2.45) is 0 Å². The van der Waals surface area contributed by atoms with Crippen molar-refractivity contribution < 1.29 is 13.2 Å². The fraction of sp³-hybridized carbons (Fsp3) is 0.385. The minimum absolute atomic E-state index is 0.0599. The first kappa shape index (κ1) is 15.5. The summed E-state index contributed by atoms with van der Waals surface area (Å²) < 4.78 is 31.4. The highest BCUT2D eigenvalue weighted by Crippen LogP contribution is 2.19. The van der Waals surface area contributed by atoms with Crippen molar-refractivity contribution in [2.75, 3.05) is 18.1 Å². The van der Waals surface area contributed by atoms with E-state index in [1.165, 1.54) is 0 Å². The summed E-state index contributed by atoms with van der Waals surface area (Å²) in [5, 5.41) is 0. The number of ether oxygens (including phenoxy) is 1. The van der Waals surface area contributed by atoms with Gasteiger partial charge in [-0.2, -0.15) is 0 Å². The lowest BCUT2D eigenvalue weighted by Gasteiger charge is -2.13. The molecule has 0 spiro atoms. The van der Waals surface area contributed by atoms with E-state index in [-0.39, 0.29) is 18.4 Å². The molecule has 106 valence electrons. The van der Waals surface area contributed by atoms with Gasteiger partial charge in [-0.15, -0.1) is 6.58 Å². The van der Waals surface area contributed by atoms with Crippen molar-refractivity contribution in [2.45, 2.75) is 19.4 Å². The maximum Gasteiger partial charge on any atom is 0.215 e. The van der Waals surface area contributed by atoms with Crippen LogP contribution in [0.15, 0.2) is 36.9 Å². The van der Waals surface area contributed by atoms with Crippen LogP contribution in [0.3, 0.4) is 0 Å². The number of nitrogen functional groups attached to an aromatic ring is 1. The molecule has 1 atom stereocenters. The Morgan fingerprint density at radius 3 is 2.79 bits per heavy atom. The van der Waals surface area contributed by atoms with Gasteiger partial charge in [-0.25, -0.2) is 13.1 Å². The van der Waals surface area contributed by atoms with E-state index in [2.05, 4.69) is 11.3 Å². The number of anilines is 1. The molecule has 0 heterocycles. The van der Waals surface area contributed by atoms with Crippen LogP contribution in [0.2, 0.25) is 0 Å². The molecule has 0 aliphatic heterocycles. The number of rotatable bonds is 8. The van der Waals surface area contributed by atoms with Gasteiger partial charge in [0.1, 0.15) is 12.4 Å². The van der Waals surface area contributed by atoms with Gasteiger partial charge in [-0.05, 0) is 25.5 Å². The number of para-hydroxylation sites is 2. The highest BCUT2D eigenvalue weighted by molar-refractivity contribution is 7.89. The normalized spacial score (nSPS) is 12.9. The summed E-state index contributed by atoms with van der Waals surface area (Å²) in [4.78, 5) is 0. The van der Waals surface area contributed by atoms with E-state index in [0.29, 0.717) is 17.9 Å². The lowest BCUT2D eigenvalue weighted by molar-refractivity contribution is 0.342. The Morgan fingerprint density at radius 1 is 1.47 bits per heavy atom. The van der Waals surface area contributed by atoms with Crippen LogP contribution in [0.1, 0.15) is 13.3 Å². The quantitative estimate of drug-likeness (QED) is 0.560. The molecule has 0 saturated heterocycles. The van der Waals surface area contributed by atoms with Gasteiger partial charge >= 0.3 is 0 Å². The monoisotopic (exact) mass is 284 g/mol. The van der Waals surface area contributed by atoms with Crippen molar-refractivity contribution >= 4 is 15.7 Å². The molecule has 0 radical (unpaired) electrons. The van der Waals surface area contributed by atoms with Crippen LogP contribution in [-0.2, 0) is 10.0 Å². The predicted octanol–water partition coefficient (Wildman–Crippen LogP) is 1.53. The molecule has 1 rings (SSSR count). The van der Waals surface area contributed by atoms with Gasteiger partial charge in [0.2, 0.25) is 10.0 Å². The third-order valence-electron chi connectivity index (χ3n) is 2.43. The largest absolute Gasteiger partial charge is 0.490 e. The molecule has 3 N–H and O–H groups in total. The fourth-order valence-electron chi connectivity index (χ4n) is 1.54. The topological polar surface area (TPSA) is 81.4 Å². The number of benzene rings is 1. The molecular formula is C13H20N2O3S. The van der Waals surface area contributed by atoms with E-state index in [0.717, 1.165) is 0 Å². The highest BCUT2D eigenvalue weighted by atomic mass is 32.2. The first-order valence-corrected chi connectivity index (χ1v) is 7.68. The zero-order chi connectivity index (χ0) is 14.3. The van der Waals surface area contributed by atoms with Crippen LogP contribution in [0, 0.1) is 0 Å². The second-order valence-electron chi connectivity index (χ2n) is 4.25. The maximum atomic E-state index is 11.7. The van der Waals surface area contributed by atoms with E-state index in [1.54, 1.807) is 37.3 Å². The van der Waals surface area contributed by atoms with Gasteiger partial charge in [-0.1, -0.05) is 18.2 Å². The molecule has 1 unspecified atom stereocenters. The third kappa shape index (κ3) is 5.76. The predicted molar refractivity (Wildman–Crippen MR) is 77.5 cm³/mol. The van der Waals surface area contributed by atoms with Gasteiger partial charge in [0.15, 0.2) is 0 Å². The molecule has 0 amide bonds. The Kier molecular flexibility index (Phi) is 5.85. The van der Waals surface area contributed by atoms with Gasteiger partial charge < -0.3 is 10.5 Å². The molecule has 19 heavy (non-hydrogen) atoms. The van der Waals surface area contributed by atoms with Gasteiger partial charge in [0, 0.05) is 6.04 Å². The van der Waals surface area contributed by atoms with Gasteiger partial charge in [-0.3, -0.25) is 0 Å². The number of nitrogens with two attached hydrogens (primary N) is 1. The summed E-state index contributed by atoms with van der Waals surface area (Å²) in [6.07, 6.45) is 2.26. The molecule has 1 aromatic rings. The van der Waals surface area contributed by atoms with Crippen LogP contribution in [0.4, 0.5) is 5.69 Å². The van der Waals surface area contributed by atoms with Crippen molar-refractivity contribution in [1.29, 1.82) is 0 Å². The number of sulfonamides is 1.